The number of methoxy groups -OCH3 is 1. The van der Waals surface area contributed by atoms with Crippen molar-refractivity contribution in [3.05, 3.63) is 83.7 Å². The van der Waals surface area contributed by atoms with E-state index in [1.165, 1.54) is 11.1 Å². The van der Waals surface area contributed by atoms with E-state index in [2.05, 4.69) is 42.7 Å². The number of para-hydroxylation sites is 2. The third kappa shape index (κ3) is 4.36. The summed E-state index contributed by atoms with van der Waals surface area (Å²) in [4.78, 5) is 19.7. The van der Waals surface area contributed by atoms with Gasteiger partial charge < -0.3 is 18.9 Å². The van der Waals surface area contributed by atoms with Crippen LogP contribution in [0, 0.1) is 13.8 Å². The first-order chi connectivity index (χ1) is 16.5. The molecule has 1 aliphatic rings. The summed E-state index contributed by atoms with van der Waals surface area (Å²) in [5, 5.41) is 0. The molecule has 0 saturated carbocycles. The number of benzene rings is 3. The van der Waals surface area contributed by atoms with E-state index in [0.29, 0.717) is 26.1 Å². The van der Waals surface area contributed by atoms with E-state index < -0.39 is 0 Å². The van der Waals surface area contributed by atoms with Crippen LogP contribution in [-0.4, -0.2) is 35.7 Å². The third-order valence-electron chi connectivity index (χ3n) is 6.34. The quantitative estimate of drug-likeness (QED) is 0.381. The molecule has 6 heteroatoms. The fourth-order valence-corrected chi connectivity index (χ4v) is 4.80. The highest BCUT2D eigenvalue weighted by atomic mass is 16.5. The largest absolute Gasteiger partial charge is 0.497 e. The molecule has 174 valence electrons. The van der Waals surface area contributed by atoms with Gasteiger partial charge in [0.1, 0.15) is 23.9 Å². The molecule has 1 amide bonds. The molecular weight excluding hydrogens is 426 g/mol. The van der Waals surface area contributed by atoms with Crippen molar-refractivity contribution in [2.45, 2.75) is 32.7 Å². The van der Waals surface area contributed by atoms with Gasteiger partial charge in [0.05, 0.1) is 24.7 Å². The Kier molecular flexibility index (Phi) is 5.97. The fraction of sp³-hybridized carbons (Fsp3) is 0.286. The van der Waals surface area contributed by atoms with Gasteiger partial charge in [0.2, 0.25) is 5.91 Å². The van der Waals surface area contributed by atoms with E-state index in [1.807, 2.05) is 47.4 Å². The smallest absolute Gasteiger partial charge is 0.227 e. The van der Waals surface area contributed by atoms with Gasteiger partial charge in [-0.2, -0.15) is 0 Å². The van der Waals surface area contributed by atoms with E-state index in [0.717, 1.165) is 34.0 Å². The minimum absolute atomic E-state index is 0.0169. The second kappa shape index (κ2) is 9.21. The number of anilines is 1. The van der Waals surface area contributed by atoms with Crippen LogP contribution in [0.5, 0.6) is 11.5 Å². The number of ether oxygens (including phenoxy) is 2. The monoisotopic (exact) mass is 455 g/mol. The Morgan fingerprint density at radius 2 is 1.71 bits per heavy atom. The summed E-state index contributed by atoms with van der Waals surface area (Å²) >= 11 is 0. The van der Waals surface area contributed by atoms with Crippen molar-refractivity contribution in [1.82, 2.24) is 9.55 Å². The van der Waals surface area contributed by atoms with Crippen molar-refractivity contribution in [2.75, 3.05) is 25.2 Å². The lowest BCUT2D eigenvalue weighted by atomic mass is 10.1. The highest BCUT2D eigenvalue weighted by Gasteiger charge is 2.34. The average molecular weight is 456 g/mol. The second-order valence-electron chi connectivity index (χ2n) is 8.89. The number of imidazole rings is 1. The number of fused-ring (bicyclic) bond motifs is 1. The van der Waals surface area contributed by atoms with E-state index in [9.17, 15) is 4.79 Å². The van der Waals surface area contributed by atoms with Crippen LogP contribution in [0.3, 0.4) is 0 Å². The molecule has 0 bridgehead atoms. The summed E-state index contributed by atoms with van der Waals surface area (Å²) in [6, 6.07) is 22.0. The molecule has 0 N–H and O–H groups in total. The molecule has 6 nitrogen and oxygen atoms in total. The SMILES string of the molecule is COc1ccc(N2C[C@@H](c3nc4ccccc4n3CCOc3cc(C)cc(C)c3)CC2=O)cc1. The van der Waals surface area contributed by atoms with Crippen LogP contribution in [0.2, 0.25) is 0 Å². The first kappa shape index (κ1) is 22.0. The molecule has 2 heterocycles. The van der Waals surface area contributed by atoms with Gasteiger partial charge >= 0.3 is 0 Å². The Balaban J connectivity index is 1.38. The van der Waals surface area contributed by atoms with Gasteiger partial charge in [-0.25, -0.2) is 4.98 Å². The summed E-state index contributed by atoms with van der Waals surface area (Å²) < 4.78 is 13.6. The number of aryl methyl sites for hydroxylation is 2. The topological polar surface area (TPSA) is 56.6 Å². The molecule has 5 rings (SSSR count). The molecule has 1 atom stereocenters. The molecule has 1 aromatic heterocycles. The zero-order valence-corrected chi connectivity index (χ0v) is 19.8. The zero-order valence-electron chi connectivity index (χ0n) is 19.8. The van der Waals surface area contributed by atoms with Crippen LogP contribution in [0.15, 0.2) is 66.7 Å². The molecule has 1 saturated heterocycles. The Labute approximate surface area is 199 Å². The van der Waals surface area contributed by atoms with Gasteiger partial charge in [0.25, 0.3) is 0 Å². The maximum Gasteiger partial charge on any atom is 0.227 e. The standard InChI is InChI=1S/C28H29N3O3/c1-19-14-20(2)16-24(15-19)34-13-12-30-26-7-5-4-6-25(26)29-28(30)21-17-27(32)31(18-21)22-8-10-23(33-3)11-9-22/h4-11,14-16,21H,12-13,17-18H2,1-3H3/t21-/m0/s1. The summed E-state index contributed by atoms with van der Waals surface area (Å²) in [5.41, 5.74) is 5.27. The van der Waals surface area contributed by atoms with Gasteiger partial charge in [-0.05, 0) is 73.5 Å². The minimum atomic E-state index is 0.0169. The zero-order chi connectivity index (χ0) is 23.7. The maximum atomic E-state index is 12.9. The van der Waals surface area contributed by atoms with E-state index in [-0.39, 0.29) is 11.8 Å². The van der Waals surface area contributed by atoms with E-state index in [4.69, 9.17) is 14.5 Å². The fourth-order valence-electron chi connectivity index (χ4n) is 4.80. The molecule has 0 unspecified atom stereocenters. The second-order valence-corrected chi connectivity index (χ2v) is 8.89. The van der Waals surface area contributed by atoms with E-state index in [1.54, 1.807) is 7.11 Å². The van der Waals surface area contributed by atoms with Crippen molar-refractivity contribution in [2.24, 2.45) is 0 Å². The molecule has 0 radical (unpaired) electrons. The molecule has 1 aliphatic heterocycles. The lowest BCUT2D eigenvalue weighted by Gasteiger charge is -2.18. The maximum absolute atomic E-state index is 12.9. The lowest BCUT2D eigenvalue weighted by Crippen LogP contribution is -2.24. The molecule has 0 spiro atoms. The number of amides is 1. The number of hydrogen-bond acceptors (Lipinski definition) is 4. The van der Waals surface area contributed by atoms with Crippen LogP contribution < -0.4 is 14.4 Å². The number of carbonyl (C=O) groups is 1. The Morgan fingerprint density at radius 1 is 0.971 bits per heavy atom. The normalized spacial score (nSPS) is 15.8. The summed E-state index contributed by atoms with van der Waals surface area (Å²) in [7, 11) is 1.64. The summed E-state index contributed by atoms with van der Waals surface area (Å²) in [6.07, 6.45) is 0.438. The highest BCUT2D eigenvalue weighted by molar-refractivity contribution is 5.96. The van der Waals surface area contributed by atoms with Crippen molar-refractivity contribution in [1.29, 1.82) is 0 Å². The molecule has 3 aromatic carbocycles. The van der Waals surface area contributed by atoms with Crippen molar-refractivity contribution < 1.29 is 14.3 Å². The Morgan fingerprint density at radius 3 is 2.44 bits per heavy atom. The van der Waals surface area contributed by atoms with Crippen LogP contribution in [-0.2, 0) is 11.3 Å². The van der Waals surface area contributed by atoms with Crippen molar-refractivity contribution in [3.63, 3.8) is 0 Å². The number of hydrogen-bond donors (Lipinski definition) is 0. The predicted octanol–water partition coefficient (Wildman–Crippen LogP) is 5.26. The number of carbonyl (C=O) groups excluding carboxylic acids is 1. The van der Waals surface area contributed by atoms with Gasteiger partial charge in [-0.1, -0.05) is 18.2 Å². The number of nitrogens with zero attached hydrogens (tertiary/aromatic N) is 3. The highest BCUT2D eigenvalue weighted by Crippen LogP contribution is 2.34. The van der Waals surface area contributed by atoms with Crippen LogP contribution >= 0.6 is 0 Å². The molecule has 1 fully saturated rings. The summed E-state index contributed by atoms with van der Waals surface area (Å²) in [6.45, 7) is 5.95. The van der Waals surface area contributed by atoms with Gasteiger partial charge in [0.15, 0.2) is 0 Å². The summed E-state index contributed by atoms with van der Waals surface area (Å²) in [5.74, 6) is 2.72. The Bertz CT molecular complexity index is 1310. The first-order valence-electron chi connectivity index (χ1n) is 11.6. The number of aromatic nitrogens is 2. The van der Waals surface area contributed by atoms with Gasteiger partial charge in [-0.3, -0.25) is 4.79 Å². The van der Waals surface area contributed by atoms with Crippen molar-refractivity contribution in [3.8, 4) is 11.5 Å². The van der Waals surface area contributed by atoms with Gasteiger partial charge in [-0.15, -0.1) is 0 Å². The number of rotatable bonds is 7. The molecule has 34 heavy (non-hydrogen) atoms. The molecule has 0 aliphatic carbocycles. The molecular formula is C28H29N3O3. The van der Waals surface area contributed by atoms with Crippen LogP contribution in [0.25, 0.3) is 11.0 Å². The molecule has 4 aromatic rings. The van der Waals surface area contributed by atoms with Crippen LogP contribution in [0.4, 0.5) is 5.69 Å². The Hall–Kier alpha value is -3.80. The van der Waals surface area contributed by atoms with Crippen molar-refractivity contribution >= 4 is 22.6 Å². The first-order valence-corrected chi connectivity index (χ1v) is 11.6. The van der Waals surface area contributed by atoms with E-state index >= 15 is 0 Å². The third-order valence-corrected chi connectivity index (χ3v) is 6.34. The minimum Gasteiger partial charge on any atom is -0.497 e. The van der Waals surface area contributed by atoms with Gasteiger partial charge in [0, 0.05) is 24.6 Å². The average Bonchev–Trinajstić information content (AvgIpc) is 3.39. The predicted molar refractivity (Wildman–Crippen MR) is 134 cm³/mol. The lowest BCUT2D eigenvalue weighted by molar-refractivity contribution is -0.117. The van der Waals surface area contributed by atoms with Crippen LogP contribution in [0.1, 0.15) is 29.3 Å².